The zero-order chi connectivity index (χ0) is 8.27. The summed E-state index contributed by atoms with van der Waals surface area (Å²) in [5, 5.41) is 0. The lowest BCUT2D eigenvalue weighted by Gasteiger charge is -2.07. The maximum Gasteiger partial charge on any atom is 0.0229 e. The van der Waals surface area contributed by atoms with Crippen LogP contribution in [0.25, 0.3) is 0 Å². The van der Waals surface area contributed by atoms with Crippen molar-refractivity contribution in [2.45, 2.75) is 45.6 Å². The van der Waals surface area contributed by atoms with E-state index in [1.54, 1.807) is 5.57 Å². The fraction of sp³-hybridized carbons (Fsp3) is 0.800. The standard InChI is InChI=1S/C10H19N/c1-3-8(2)6-9-4-5-10(11)7-9/h7-8,10H,3-6,11H2,1-2H3. The number of nitrogens with two attached hydrogens (primary N) is 1. The molecule has 0 saturated carbocycles. The van der Waals surface area contributed by atoms with E-state index in [-0.39, 0.29) is 0 Å². The van der Waals surface area contributed by atoms with Crippen molar-refractivity contribution in [3.8, 4) is 0 Å². The Kier molecular flexibility index (Phi) is 3.13. The molecule has 1 nitrogen and oxygen atoms in total. The number of hydrogen-bond acceptors (Lipinski definition) is 1. The Bertz CT molecular complexity index is 149. The summed E-state index contributed by atoms with van der Waals surface area (Å²) in [7, 11) is 0. The summed E-state index contributed by atoms with van der Waals surface area (Å²) in [4.78, 5) is 0. The van der Waals surface area contributed by atoms with Gasteiger partial charge >= 0.3 is 0 Å². The van der Waals surface area contributed by atoms with Crippen LogP contribution in [0.15, 0.2) is 11.6 Å². The number of hydrogen-bond donors (Lipinski definition) is 1. The molecule has 0 amide bonds. The predicted molar refractivity (Wildman–Crippen MR) is 49.4 cm³/mol. The van der Waals surface area contributed by atoms with Crippen LogP contribution in [0.1, 0.15) is 39.5 Å². The van der Waals surface area contributed by atoms with Gasteiger partial charge in [-0.3, -0.25) is 0 Å². The molecule has 0 aromatic heterocycles. The maximum atomic E-state index is 5.77. The van der Waals surface area contributed by atoms with Gasteiger partial charge in [-0.05, 0) is 25.2 Å². The molecule has 11 heavy (non-hydrogen) atoms. The van der Waals surface area contributed by atoms with E-state index in [0.29, 0.717) is 6.04 Å². The van der Waals surface area contributed by atoms with Crippen LogP contribution in [-0.4, -0.2) is 6.04 Å². The molecule has 1 aliphatic carbocycles. The molecule has 0 saturated heterocycles. The van der Waals surface area contributed by atoms with Gasteiger partial charge in [-0.15, -0.1) is 0 Å². The monoisotopic (exact) mass is 153 g/mol. The van der Waals surface area contributed by atoms with Crippen molar-refractivity contribution in [2.24, 2.45) is 11.7 Å². The average molecular weight is 153 g/mol. The molecule has 0 heterocycles. The predicted octanol–water partition coefficient (Wildman–Crippen LogP) is 2.47. The van der Waals surface area contributed by atoms with Gasteiger partial charge in [-0.1, -0.05) is 31.9 Å². The first kappa shape index (κ1) is 8.79. The lowest BCUT2D eigenvalue weighted by molar-refractivity contribution is 0.550. The fourth-order valence-corrected chi connectivity index (χ4v) is 1.58. The van der Waals surface area contributed by atoms with Gasteiger partial charge in [0.25, 0.3) is 0 Å². The van der Waals surface area contributed by atoms with E-state index in [4.69, 9.17) is 5.73 Å². The normalized spacial score (nSPS) is 26.8. The summed E-state index contributed by atoms with van der Waals surface area (Å²) in [6.45, 7) is 4.56. The topological polar surface area (TPSA) is 26.0 Å². The zero-order valence-corrected chi connectivity index (χ0v) is 7.64. The van der Waals surface area contributed by atoms with Gasteiger partial charge in [0.15, 0.2) is 0 Å². The smallest absolute Gasteiger partial charge is 0.0229 e. The van der Waals surface area contributed by atoms with Gasteiger partial charge in [0.2, 0.25) is 0 Å². The Morgan fingerprint density at radius 2 is 2.45 bits per heavy atom. The molecule has 2 atom stereocenters. The molecule has 0 aliphatic heterocycles. The summed E-state index contributed by atoms with van der Waals surface area (Å²) in [6.07, 6.45) is 7.22. The Morgan fingerprint density at radius 3 is 2.91 bits per heavy atom. The van der Waals surface area contributed by atoms with Crippen molar-refractivity contribution < 1.29 is 0 Å². The maximum absolute atomic E-state index is 5.77. The Balaban J connectivity index is 2.32. The lowest BCUT2D eigenvalue weighted by Crippen LogP contribution is -2.11. The fourth-order valence-electron chi connectivity index (χ4n) is 1.58. The molecule has 2 unspecified atom stereocenters. The molecule has 0 aromatic rings. The third-order valence-electron chi connectivity index (χ3n) is 2.56. The van der Waals surface area contributed by atoms with E-state index in [0.717, 1.165) is 5.92 Å². The average Bonchev–Trinajstić information content (AvgIpc) is 2.35. The minimum Gasteiger partial charge on any atom is -0.324 e. The Labute approximate surface area is 69.7 Å². The minimum atomic E-state index is 0.356. The first-order valence-corrected chi connectivity index (χ1v) is 4.67. The van der Waals surface area contributed by atoms with E-state index in [9.17, 15) is 0 Å². The molecule has 1 rings (SSSR count). The van der Waals surface area contributed by atoms with Gasteiger partial charge in [0.1, 0.15) is 0 Å². The molecule has 2 N–H and O–H groups in total. The van der Waals surface area contributed by atoms with Crippen molar-refractivity contribution in [1.29, 1.82) is 0 Å². The van der Waals surface area contributed by atoms with Crippen LogP contribution < -0.4 is 5.73 Å². The van der Waals surface area contributed by atoms with Crippen LogP contribution in [0.2, 0.25) is 0 Å². The van der Waals surface area contributed by atoms with Crippen LogP contribution in [0.3, 0.4) is 0 Å². The molecular formula is C10H19N. The van der Waals surface area contributed by atoms with Crippen LogP contribution in [0.5, 0.6) is 0 Å². The SMILES string of the molecule is CCC(C)CC1=CC(N)CC1. The second-order valence-corrected chi connectivity index (χ2v) is 3.74. The Morgan fingerprint density at radius 1 is 1.73 bits per heavy atom. The molecule has 0 aromatic carbocycles. The molecule has 1 aliphatic rings. The second kappa shape index (κ2) is 3.91. The third-order valence-corrected chi connectivity index (χ3v) is 2.56. The van der Waals surface area contributed by atoms with Crippen molar-refractivity contribution in [1.82, 2.24) is 0 Å². The molecule has 64 valence electrons. The molecule has 0 spiro atoms. The highest BCUT2D eigenvalue weighted by molar-refractivity contribution is 5.13. The summed E-state index contributed by atoms with van der Waals surface area (Å²) in [6, 6.07) is 0.356. The van der Waals surface area contributed by atoms with Crippen molar-refractivity contribution >= 4 is 0 Å². The summed E-state index contributed by atoms with van der Waals surface area (Å²) < 4.78 is 0. The first-order chi connectivity index (χ1) is 5.22. The third kappa shape index (κ3) is 2.66. The van der Waals surface area contributed by atoms with E-state index in [1.165, 1.54) is 25.7 Å². The van der Waals surface area contributed by atoms with Crippen molar-refractivity contribution in [3.05, 3.63) is 11.6 Å². The van der Waals surface area contributed by atoms with E-state index >= 15 is 0 Å². The molecule has 1 heteroatoms. The molecule has 0 fully saturated rings. The quantitative estimate of drug-likeness (QED) is 0.619. The van der Waals surface area contributed by atoms with Crippen LogP contribution in [0, 0.1) is 5.92 Å². The molecular weight excluding hydrogens is 134 g/mol. The number of allylic oxidation sites excluding steroid dienone is 1. The summed E-state index contributed by atoms with van der Waals surface area (Å²) in [5.74, 6) is 0.839. The van der Waals surface area contributed by atoms with Gasteiger partial charge in [0.05, 0.1) is 0 Å². The van der Waals surface area contributed by atoms with Crippen molar-refractivity contribution in [2.75, 3.05) is 0 Å². The van der Waals surface area contributed by atoms with Gasteiger partial charge in [0, 0.05) is 6.04 Å². The highest BCUT2D eigenvalue weighted by Gasteiger charge is 2.12. The zero-order valence-electron chi connectivity index (χ0n) is 7.64. The van der Waals surface area contributed by atoms with Crippen LogP contribution >= 0.6 is 0 Å². The minimum absolute atomic E-state index is 0.356. The van der Waals surface area contributed by atoms with E-state index in [2.05, 4.69) is 19.9 Å². The van der Waals surface area contributed by atoms with E-state index in [1.807, 2.05) is 0 Å². The van der Waals surface area contributed by atoms with Crippen molar-refractivity contribution in [3.63, 3.8) is 0 Å². The summed E-state index contributed by atoms with van der Waals surface area (Å²) in [5.41, 5.74) is 7.36. The molecule has 0 radical (unpaired) electrons. The highest BCUT2D eigenvalue weighted by Crippen LogP contribution is 2.24. The highest BCUT2D eigenvalue weighted by atomic mass is 14.6. The first-order valence-electron chi connectivity index (χ1n) is 4.67. The van der Waals surface area contributed by atoms with Gasteiger partial charge in [-0.25, -0.2) is 0 Å². The van der Waals surface area contributed by atoms with Gasteiger partial charge in [-0.2, -0.15) is 0 Å². The van der Waals surface area contributed by atoms with Gasteiger partial charge < -0.3 is 5.73 Å². The second-order valence-electron chi connectivity index (χ2n) is 3.74. The molecule has 0 bridgehead atoms. The van der Waals surface area contributed by atoms with Crippen LogP contribution in [0.4, 0.5) is 0 Å². The van der Waals surface area contributed by atoms with E-state index < -0.39 is 0 Å². The number of rotatable bonds is 3. The Hall–Kier alpha value is -0.300. The lowest BCUT2D eigenvalue weighted by atomic mass is 9.99. The summed E-state index contributed by atoms with van der Waals surface area (Å²) >= 11 is 0. The largest absolute Gasteiger partial charge is 0.324 e. The van der Waals surface area contributed by atoms with Crippen LogP contribution in [-0.2, 0) is 0 Å².